The zero-order chi connectivity index (χ0) is 23.0. The van der Waals surface area contributed by atoms with Crippen LogP contribution in [0.2, 0.25) is 0 Å². The Balaban J connectivity index is 1.56. The Morgan fingerprint density at radius 3 is 1.91 bits per heavy atom. The summed E-state index contributed by atoms with van der Waals surface area (Å²) >= 11 is 0. The largest absolute Gasteiger partial charge is 0.494 e. The molecule has 0 aliphatic carbocycles. The van der Waals surface area contributed by atoms with Crippen molar-refractivity contribution in [3.63, 3.8) is 0 Å². The summed E-state index contributed by atoms with van der Waals surface area (Å²) in [5.74, 6) is 0.650. The molecule has 0 aliphatic heterocycles. The predicted octanol–water partition coefficient (Wildman–Crippen LogP) is 5.78. The number of hydrogen-bond acceptors (Lipinski definition) is 5. The molecular formula is C25H26O6S. The van der Waals surface area contributed by atoms with Crippen molar-refractivity contribution in [2.45, 2.75) is 37.5 Å². The van der Waals surface area contributed by atoms with E-state index in [2.05, 4.69) is 6.92 Å². The molecule has 3 rings (SSSR count). The van der Waals surface area contributed by atoms with Gasteiger partial charge in [0.1, 0.15) is 11.5 Å². The standard InChI is InChI=1S/C25H26O6S/c1-2-3-4-5-18-30-22-12-8-21(9-13-22)25(26)31-23-14-6-19(7-15-23)20-10-16-24(17-11-20)32(27,28)29/h6-17H,2-5,18H2,1H3,(H,27,28,29). The fraction of sp³-hybridized carbons (Fsp3) is 0.240. The summed E-state index contributed by atoms with van der Waals surface area (Å²) in [7, 11) is -4.22. The van der Waals surface area contributed by atoms with Crippen molar-refractivity contribution in [1.29, 1.82) is 0 Å². The maximum absolute atomic E-state index is 12.4. The molecule has 0 aromatic heterocycles. The lowest BCUT2D eigenvalue weighted by atomic mass is 10.1. The molecule has 0 heterocycles. The van der Waals surface area contributed by atoms with E-state index >= 15 is 0 Å². The maximum atomic E-state index is 12.4. The van der Waals surface area contributed by atoms with Crippen molar-refractivity contribution in [3.8, 4) is 22.6 Å². The van der Waals surface area contributed by atoms with E-state index in [0.29, 0.717) is 17.9 Å². The van der Waals surface area contributed by atoms with Gasteiger partial charge in [-0.25, -0.2) is 4.79 Å². The second-order valence-corrected chi connectivity index (χ2v) is 8.77. The van der Waals surface area contributed by atoms with Crippen LogP contribution < -0.4 is 9.47 Å². The molecule has 0 atom stereocenters. The van der Waals surface area contributed by atoms with Gasteiger partial charge in [-0.1, -0.05) is 50.5 Å². The zero-order valence-corrected chi connectivity index (χ0v) is 18.7. The van der Waals surface area contributed by atoms with Crippen LogP contribution in [0, 0.1) is 0 Å². The first-order chi connectivity index (χ1) is 15.4. The summed E-state index contributed by atoms with van der Waals surface area (Å²) in [6.07, 6.45) is 4.55. The average molecular weight is 455 g/mol. The third-order valence-corrected chi connectivity index (χ3v) is 5.77. The van der Waals surface area contributed by atoms with Gasteiger partial charge in [0, 0.05) is 0 Å². The van der Waals surface area contributed by atoms with Crippen molar-refractivity contribution in [2.24, 2.45) is 0 Å². The van der Waals surface area contributed by atoms with E-state index in [9.17, 15) is 13.2 Å². The van der Waals surface area contributed by atoms with Crippen LogP contribution in [-0.4, -0.2) is 25.5 Å². The smallest absolute Gasteiger partial charge is 0.343 e. The number of rotatable bonds is 10. The predicted molar refractivity (Wildman–Crippen MR) is 123 cm³/mol. The summed E-state index contributed by atoms with van der Waals surface area (Å²) in [6, 6.07) is 19.6. The molecule has 0 unspecified atom stereocenters. The zero-order valence-electron chi connectivity index (χ0n) is 17.9. The first kappa shape index (κ1) is 23.5. The molecule has 0 radical (unpaired) electrons. The molecule has 0 bridgehead atoms. The number of esters is 1. The quantitative estimate of drug-likeness (QED) is 0.181. The molecule has 1 N–H and O–H groups in total. The molecule has 0 fully saturated rings. The van der Waals surface area contributed by atoms with Crippen LogP contribution >= 0.6 is 0 Å². The van der Waals surface area contributed by atoms with Crippen LogP contribution in [0.5, 0.6) is 11.5 Å². The van der Waals surface area contributed by atoms with Crippen LogP contribution in [-0.2, 0) is 10.1 Å². The number of hydrogen-bond donors (Lipinski definition) is 1. The van der Waals surface area contributed by atoms with Gasteiger partial charge >= 0.3 is 5.97 Å². The fourth-order valence-electron chi connectivity index (χ4n) is 3.11. The Bertz CT molecular complexity index is 1120. The normalized spacial score (nSPS) is 11.2. The lowest BCUT2D eigenvalue weighted by Crippen LogP contribution is -2.08. The lowest BCUT2D eigenvalue weighted by Gasteiger charge is -2.08. The highest BCUT2D eigenvalue weighted by atomic mass is 32.2. The number of unbranched alkanes of at least 4 members (excludes halogenated alkanes) is 3. The Labute approximate surface area is 188 Å². The van der Waals surface area contributed by atoms with Crippen molar-refractivity contribution in [3.05, 3.63) is 78.4 Å². The molecule has 3 aromatic rings. The van der Waals surface area contributed by atoms with Crippen LogP contribution in [0.3, 0.4) is 0 Å². The Kier molecular flexibility index (Phi) is 8.03. The summed E-state index contributed by atoms with van der Waals surface area (Å²) < 4.78 is 42.5. The Morgan fingerprint density at radius 1 is 0.781 bits per heavy atom. The van der Waals surface area contributed by atoms with E-state index in [-0.39, 0.29) is 4.90 Å². The third-order valence-electron chi connectivity index (χ3n) is 4.91. The molecular weight excluding hydrogens is 428 g/mol. The van der Waals surface area contributed by atoms with Gasteiger partial charge in [0.15, 0.2) is 0 Å². The van der Waals surface area contributed by atoms with Crippen molar-refractivity contribution in [1.82, 2.24) is 0 Å². The monoisotopic (exact) mass is 454 g/mol. The minimum Gasteiger partial charge on any atom is -0.494 e. The molecule has 168 valence electrons. The number of carbonyl (C=O) groups is 1. The van der Waals surface area contributed by atoms with E-state index in [1.54, 1.807) is 60.7 Å². The first-order valence-electron chi connectivity index (χ1n) is 10.5. The second-order valence-electron chi connectivity index (χ2n) is 7.35. The molecule has 0 aliphatic rings. The van der Waals surface area contributed by atoms with Gasteiger partial charge in [-0.15, -0.1) is 0 Å². The maximum Gasteiger partial charge on any atom is 0.343 e. The van der Waals surface area contributed by atoms with Crippen molar-refractivity contribution >= 4 is 16.1 Å². The Hall–Kier alpha value is -3.16. The Morgan fingerprint density at radius 2 is 1.34 bits per heavy atom. The molecule has 6 nitrogen and oxygen atoms in total. The first-order valence-corrected chi connectivity index (χ1v) is 11.9. The van der Waals surface area contributed by atoms with Crippen molar-refractivity contribution in [2.75, 3.05) is 6.61 Å². The van der Waals surface area contributed by atoms with Crippen LogP contribution in [0.25, 0.3) is 11.1 Å². The highest BCUT2D eigenvalue weighted by Crippen LogP contribution is 2.24. The number of benzene rings is 3. The summed E-state index contributed by atoms with van der Waals surface area (Å²) in [6.45, 7) is 2.83. The SMILES string of the molecule is CCCCCCOc1ccc(C(=O)Oc2ccc(-c3ccc(S(=O)(=O)O)cc3)cc2)cc1. The summed E-state index contributed by atoms with van der Waals surface area (Å²) in [4.78, 5) is 12.2. The van der Waals surface area contributed by atoms with Crippen LogP contribution in [0.1, 0.15) is 43.0 Å². The second kappa shape index (κ2) is 10.9. The molecule has 32 heavy (non-hydrogen) atoms. The van der Waals surface area contributed by atoms with Gasteiger partial charge in [0.25, 0.3) is 10.1 Å². The number of ether oxygens (including phenoxy) is 2. The molecule has 0 amide bonds. The molecule has 0 saturated heterocycles. The van der Waals surface area contributed by atoms with Gasteiger partial charge in [-0.3, -0.25) is 4.55 Å². The number of carbonyl (C=O) groups excluding carboxylic acids is 1. The van der Waals surface area contributed by atoms with Gasteiger partial charge in [0.2, 0.25) is 0 Å². The van der Waals surface area contributed by atoms with E-state index < -0.39 is 16.1 Å². The molecule has 3 aromatic carbocycles. The molecule has 0 saturated carbocycles. The topological polar surface area (TPSA) is 89.9 Å². The van der Waals surface area contributed by atoms with Gasteiger partial charge < -0.3 is 9.47 Å². The van der Waals surface area contributed by atoms with E-state index in [1.165, 1.54) is 25.0 Å². The highest BCUT2D eigenvalue weighted by Gasteiger charge is 2.11. The van der Waals surface area contributed by atoms with Crippen LogP contribution in [0.4, 0.5) is 0 Å². The highest BCUT2D eigenvalue weighted by molar-refractivity contribution is 7.85. The van der Waals surface area contributed by atoms with E-state index in [4.69, 9.17) is 14.0 Å². The molecule has 0 spiro atoms. The minimum absolute atomic E-state index is 0.167. The average Bonchev–Trinajstić information content (AvgIpc) is 2.79. The van der Waals surface area contributed by atoms with Gasteiger partial charge in [0.05, 0.1) is 17.1 Å². The molecule has 7 heteroatoms. The summed E-state index contributed by atoms with van der Waals surface area (Å²) in [5.41, 5.74) is 2.00. The summed E-state index contributed by atoms with van der Waals surface area (Å²) in [5, 5.41) is 0. The van der Waals surface area contributed by atoms with E-state index in [0.717, 1.165) is 29.7 Å². The van der Waals surface area contributed by atoms with Gasteiger partial charge in [-0.05, 0) is 66.1 Å². The van der Waals surface area contributed by atoms with Gasteiger partial charge in [-0.2, -0.15) is 8.42 Å². The van der Waals surface area contributed by atoms with Crippen molar-refractivity contribution < 1.29 is 27.2 Å². The minimum atomic E-state index is -4.22. The third kappa shape index (κ3) is 6.67. The van der Waals surface area contributed by atoms with E-state index in [1.807, 2.05) is 0 Å². The fourth-order valence-corrected chi connectivity index (χ4v) is 3.59. The van der Waals surface area contributed by atoms with Crippen LogP contribution in [0.15, 0.2) is 77.7 Å². The lowest BCUT2D eigenvalue weighted by molar-refractivity contribution is 0.0734.